The van der Waals surface area contributed by atoms with Gasteiger partial charge in [0, 0.05) is 11.1 Å². The number of carbonyl (C=O) groups is 3. The molecular formula is C23H18N2O4S3. The molecule has 2 aliphatic heterocycles. The summed E-state index contributed by atoms with van der Waals surface area (Å²) in [5, 5.41) is 0. The molecule has 1 aromatic heterocycles. The number of para-hydroxylation sites is 1. The molecule has 2 aromatic carbocycles. The SMILES string of the molecule is COc1cccc2c1N(C(=O)CN1C(=O)c3ccccc3C1=O)C(C)(C)c1ssc(=S)c1-2. The van der Waals surface area contributed by atoms with E-state index in [1.165, 1.54) is 10.3 Å². The Morgan fingerprint density at radius 1 is 1.00 bits per heavy atom. The summed E-state index contributed by atoms with van der Waals surface area (Å²) >= 11 is 5.61. The molecule has 0 saturated heterocycles. The Bertz CT molecular complexity index is 1340. The third-order valence-electron chi connectivity index (χ3n) is 5.88. The van der Waals surface area contributed by atoms with Crippen molar-refractivity contribution < 1.29 is 19.1 Å². The van der Waals surface area contributed by atoms with Gasteiger partial charge in [-0.3, -0.25) is 24.2 Å². The van der Waals surface area contributed by atoms with E-state index in [1.54, 1.807) is 52.7 Å². The van der Waals surface area contributed by atoms with Crippen molar-refractivity contribution >= 4 is 56.3 Å². The van der Waals surface area contributed by atoms with Crippen molar-refractivity contribution in [2.45, 2.75) is 19.4 Å². The number of hydrogen-bond donors (Lipinski definition) is 0. The maximum Gasteiger partial charge on any atom is 0.262 e. The molecule has 2 aliphatic rings. The molecule has 5 rings (SSSR count). The van der Waals surface area contributed by atoms with Crippen LogP contribution in [0.2, 0.25) is 0 Å². The number of nitrogens with zero attached hydrogens (tertiary/aromatic N) is 2. The number of carbonyl (C=O) groups excluding carboxylic acids is 3. The molecule has 0 aliphatic carbocycles. The Morgan fingerprint density at radius 3 is 2.25 bits per heavy atom. The molecule has 3 amide bonds. The maximum atomic E-state index is 13.8. The molecule has 0 radical (unpaired) electrons. The molecule has 0 fully saturated rings. The van der Waals surface area contributed by atoms with Crippen LogP contribution in [-0.2, 0) is 10.3 Å². The maximum absolute atomic E-state index is 13.8. The first kappa shape index (κ1) is 21.0. The first-order chi connectivity index (χ1) is 15.3. The second kappa shape index (κ2) is 7.33. The first-order valence-corrected chi connectivity index (χ1v) is 12.4. The summed E-state index contributed by atoms with van der Waals surface area (Å²) in [6.07, 6.45) is 0. The van der Waals surface area contributed by atoms with E-state index in [9.17, 15) is 14.4 Å². The van der Waals surface area contributed by atoms with Crippen molar-refractivity contribution in [3.63, 3.8) is 0 Å². The number of imide groups is 1. The van der Waals surface area contributed by atoms with Gasteiger partial charge in [0.1, 0.15) is 16.1 Å². The van der Waals surface area contributed by atoms with Gasteiger partial charge in [-0.15, -0.1) is 0 Å². The smallest absolute Gasteiger partial charge is 0.262 e. The van der Waals surface area contributed by atoms with Gasteiger partial charge in [0.2, 0.25) is 5.91 Å². The minimum Gasteiger partial charge on any atom is -0.495 e. The molecule has 0 atom stereocenters. The van der Waals surface area contributed by atoms with Crippen molar-refractivity contribution in [1.82, 2.24) is 4.90 Å². The van der Waals surface area contributed by atoms with E-state index in [1.807, 2.05) is 26.0 Å². The lowest BCUT2D eigenvalue weighted by atomic mass is 9.87. The highest BCUT2D eigenvalue weighted by molar-refractivity contribution is 7.80. The van der Waals surface area contributed by atoms with Crippen LogP contribution in [0.25, 0.3) is 11.1 Å². The largest absolute Gasteiger partial charge is 0.495 e. The predicted molar refractivity (Wildman–Crippen MR) is 127 cm³/mol. The zero-order valence-corrected chi connectivity index (χ0v) is 20.0. The van der Waals surface area contributed by atoms with Crippen LogP contribution in [-0.4, -0.2) is 36.3 Å². The molecule has 32 heavy (non-hydrogen) atoms. The molecule has 0 unspecified atom stereocenters. The van der Waals surface area contributed by atoms with Crippen molar-refractivity contribution in [3.05, 3.63) is 62.3 Å². The van der Waals surface area contributed by atoms with Crippen LogP contribution in [0.5, 0.6) is 5.75 Å². The minimum absolute atomic E-state index is 0.319. The number of ether oxygens (including phenoxy) is 1. The number of amides is 3. The molecule has 3 heterocycles. The first-order valence-electron chi connectivity index (χ1n) is 9.86. The Hall–Kier alpha value is -2.88. The molecule has 162 valence electrons. The summed E-state index contributed by atoms with van der Waals surface area (Å²) in [5.41, 5.74) is 2.25. The fourth-order valence-electron chi connectivity index (χ4n) is 4.42. The fraction of sp³-hybridized carbons (Fsp3) is 0.217. The topological polar surface area (TPSA) is 66.9 Å². The van der Waals surface area contributed by atoms with Gasteiger partial charge in [-0.1, -0.05) is 57.2 Å². The number of anilines is 1. The lowest BCUT2D eigenvalue weighted by Crippen LogP contribution is -2.52. The summed E-state index contributed by atoms with van der Waals surface area (Å²) < 4.78 is 6.38. The average molecular weight is 483 g/mol. The summed E-state index contributed by atoms with van der Waals surface area (Å²) in [7, 11) is 4.60. The summed E-state index contributed by atoms with van der Waals surface area (Å²) in [5.74, 6) is -0.755. The highest BCUT2D eigenvalue weighted by atomic mass is 32.9. The van der Waals surface area contributed by atoms with Crippen molar-refractivity contribution in [3.8, 4) is 16.9 Å². The molecule has 9 heteroatoms. The van der Waals surface area contributed by atoms with Crippen molar-refractivity contribution in [2.24, 2.45) is 0 Å². The molecule has 0 bridgehead atoms. The number of fused-ring (bicyclic) bond motifs is 4. The Kier molecular flexibility index (Phi) is 4.81. The molecule has 3 aromatic rings. The molecule has 6 nitrogen and oxygen atoms in total. The minimum atomic E-state index is -0.745. The lowest BCUT2D eigenvalue weighted by molar-refractivity contribution is -0.120. The van der Waals surface area contributed by atoms with E-state index >= 15 is 0 Å². The quantitative estimate of drug-likeness (QED) is 0.295. The second-order valence-corrected chi connectivity index (χ2v) is 10.9. The number of rotatable bonds is 3. The number of hydrogen-bond acceptors (Lipinski definition) is 7. The van der Waals surface area contributed by atoms with Gasteiger partial charge in [-0.05, 0) is 32.0 Å². The van der Waals surface area contributed by atoms with Crippen LogP contribution in [0, 0.1) is 3.82 Å². The van der Waals surface area contributed by atoms with Gasteiger partial charge in [-0.2, -0.15) is 0 Å². The van der Waals surface area contributed by atoms with Crippen molar-refractivity contribution in [2.75, 3.05) is 18.6 Å². The Labute approximate surface area is 197 Å². The van der Waals surface area contributed by atoms with Gasteiger partial charge in [0.25, 0.3) is 11.8 Å². The van der Waals surface area contributed by atoms with E-state index in [2.05, 4.69) is 0 Å². The summed E-state index contributed by atoms with van der Waals surface area (Å²) in [4.78, 5) is 43.1. The van der Waals surface area contributed by atoms with Crippen LogP contribution in [0.4, 0.5) is 5.69 Å². The zero-order chi connectivity index (χ0) is 22.8. The van der Waals surface area contributed by atoms with Crippen LogP contribution in [0.1, 0.15) is 39.4 Å². The van der Waals surface area contributed by atoms with E-state index in [0.717, 1.165) is 24.7 Å². The Morgan fingerprint density at radius 2 is 1.62 bits per heavy atom. The van der Waals surface area contributed by atoms with Crippen molar-refractivity contribution in [1.29, 1.82) is 0 Å². The summed E-state index contributed by atoms with van der Waals surface area (Å²) in [6.45, 7) is 3.52. The second-order valence-electron chi connectivity index (χ2n) is 8.04. The highest BCUT2D eigenvalue weighted by Gasteiger charge is 2.46. The van der Waals surface area contributed by atoms with Crippen LogP contribution in [0.3, 0.4) is 0 Å². The van der Waals surface area contributed by atoms with E-state index in [0.29, 0.717) is 22.6 Å². The predicted octanol–water partition coefficient (Wildman–Crippen LogP) is 5.09. The van der Waals surface area contributed by atoms with Crippen LogP contribution in [0.15, 0.2) is 42.5 Å². The molecule has 0 saturated carbocycles. The highest BCUT2D eigenvalue weighted by Crippen LogP contribution is 2.54. The van der Waals surface area contributed by atoms with Crippen LogP contribution < -0.4 is 9.64 Å². The van der Waals surface area contributed by atoms with Gasteiger partial charge >= 0.3 is 0 Å². The van der Waals surface area contributed by atoms with E-state index < -0.39 is 17.4 Å². The van der Waals surface area contributed by atoms with Gasteiger partial charge < -0.3 is 4.74 Å². The third kappa shape index (κ3) is 2.81. The average Bonchev–Trinajstić information content (AvgIpc) is 3.28. The number of methoxy groups -OCH3 is 1. The van der Waals surface area contributed by atoms with E-state index in [4.69, 9.17) is 17.0 Å². The zero-order valence-electron chi connectivity index (χ0n) is 17.5. The van der Waals surface area contributed by atoms with Gasteiger partial charge in [0.05, 0.1) is 34.3 Å². The fourth-order valence-corrected chi connectivity index (χ4v) is 7.70. The Balaban J connectivity index is 1.61. The molecule has 0 N–H and O–H groups in total. The van der Waals surface area contributed by atoms with Gasteiger partial charge in [0.15, 0.2) is 0 Å². The third-order valence-corrected chi connectivity index (χ3v) is 9.21. The number of benzene rings is 2. The standard InChI is InChI=1S/C23H18N2O4S3/c1-23(2)19-17(22(30)32-31-19)14-9-6-10-15(29-3)18(14)25(23)16(26)11-24-20(27)12-7-4-5-8-13(12)21(24)28/h4-10H,11H2,1-3H3. The van der Waals surface area contributed by atoms with Gasteiger partial charge in [-0.25, -0.2) is 0 Å². The monoisotopic (exact) mass is 482 g/mol. The normalized spacial score (nSPS) is 16.0. The van der Waals surface area contributed by atoms with E-state index in [-0.39, 0.29) is 12.5 Å². The lowest BCUT2D eigenvalue weighted by Gasteiger charge is -2.43. The van der Waals surface area contributed by atoms with Crippen LogP contribution >= 0.6 is 32.9 Å². The molecule has 0 spiro atoms. The molecular weight excluding hydrogens is 464 g/mol. The summed E-state index contributed by atoms with van der Waals surface area (Å²) in [6, 6.07) is 12.2.